The van der Waals surface area contributed by atoms with E-state index >= 15 is 0 Å². The minimum atomic E-state index is 0.900. The van der Waals surface area contributed by atoms with Crippen molar-refractivity contribution in [3.63, 3.8) is 0 Å². The van der Waals surface area contributed by atoms with Crippen molar-refractivity contribution in [2.45, 2.75) is 19.3 Å². The highest BCUT2D eigenvalue weighted by atomic mass is 15.1. The first kappa shape index (κ1) is 11.4. The summed E-state index contributed by atoms with van der Waals surface area (Å²) in [6, 6.07) is 8.73. The molecule has 1 aromatic carbocycles. The van der Waals surface area contributed by atoms with E-state index in [9.17, 15) is 0 Å². The average molecular weight is 215 g/mol. The highest BCUT2D eigenvalue weighted by molar-refractivity contribution is 5.47. The molecular weight excluding hydrogens is 194 g/mol. The van der Waals surface area contributed by atoms with Crippen LogP contribution in [0.2, 0.25) is 0 Å². The van der Waals surface area contributed by atoms with Gasteiger partial charge in [-0.2, -0.15) is 0 Å². The maximum absolute atomic E-state index is 3.81. The van der Waals surface area contributed by atoms with Crippen LogP contribution in [0.15, 0.2) is 30.8 Å². The van der Waals surface area contributed by atoms with Crippen LogP contribution in [0.3, 0.4) is 0 Å². The van der Waals surface area contributed by atoms with Gasteiger partial charge in [0.1, 0.15) is 0 Å². The van der Waals surface area contributed by atoms with E-state index in [0.717, 1.165) is 5.92 Å². The van der Waals surface area contributed by atoms with Crippen molar-refractivity contribution in [3.8, 4) is 0 Å². The van der Waals surface area contributed by atoms with Crippen LogP contribution in [0.25, 0.3) is 6.08 Å². The minimum Gasteiger partial charge on any atom is -0.306 e. The summed E-state index contributed by atoms with van der Waals surface area (Å²) in [4.78, 5) is 2.44. The molecule has 0 aliphatic carbocycles. The summed E-state index contributed by atoms with van der Waals surface area (Å²) < 4.78 is 0. The zero-order valence-corrected chi connectivity index (χ0v) is 10.2. The molecule has 0 spiro atoms. The molecule has 1 heterocycles. The molecule has 0 amide bonds. The molecule has 1 heteroatoms. The Hall–Kier alpha value is -1.08. The van der Waals surface area contributed by atoms with Gasteiger partial charge in [-0.15, -0.1) is 0 Å². The Kier molecular flexibility index (Phi) is 3.79. The quantitative estimate of drug-likeness (QED) is 0.745. The van der Waals surface area contributed by atoms with E-state index in [1.54, 1.807) is 0 Å². The molecular formula is C15H21N. The average Bonchev–Trinajstić information content (AvgIpc) is 2.73. The van der Waals surface area contributed by atoms with Crippen LogP contribution in [0.4, 0.5) is 0 Å². The van der Waals surface area contributed by atoms with Gasteiger partial charge < -0.3 is 4.90 Å². The first-order valence-corrected chi connectivity index (χ1v) is 6.18. The van der Waals surface area contributed by atoms with Crippen molar-refractivity contribution in [2.75, 3.05) is 20.1 Å². The fourth-order valence-electron chi connectivity index (χ4n) is 2.51. The van der Waals surface area contributed by atoms with Crippen molar-refractivity contribution >= 4 is 6.08 Å². The monoisotopic (exact) mass is 215 g/mol. The van der Waals surface area contributed by atoms with E-state index < -0.39 is 0 Å². The number of hydrogen-bond donors (Lipinski definition) is 0. The zero-order valence-electron chi connectivity index (χ0n) is 10.2. The Labute approximate surface area is 98.8 Å². The molecule has 1 aliphatic heterocycles. The Bertz CT molecular complexity index is 356. The fraction of sp³-hybridized carbons (Fsp3) is 0.467. The van der Waals surface area contributed by atoms with Gasteiger partial charge in [0.05, 0.1) is 0 Å². The predicted octanol–water partition coefficient (Wildman–Crippen LogP) is 3.21. The predicted molar refractivity (Wildman–Crippen MR) is 70.5 cm³/mol. The van der Waals surface area contributed by atoms with Crippen molar-refractivity contribution in [1.82, 2.24) is 4.90 Å². The van der Waals surface area contributed by atoms with Crippen molar-refractivity contribution in [1.29, 1.82) is 0 Å². The number of likely N-dealkylation sites (tertiary alicyclic amines) is 1. The molecule has 1 nitrogen and oxygen atoms in total. The summed E-state index contributed by atoms with van der Waals surface area (Å²) in [6.07, 6.45) is 5.83. The smallest absolute Gasteiger partial charge is 0.000720 e. The van der Waals surface area contributed by atoms with Gasteiger partial charge >= 0.3 is 0 Å². The summed E-state index contributed by atoms with van der Waals surface area (Å²) in [5.74, 6) is 0.900. The lowest BCUT2D eigenvalue weighted by molar-refractivity contribution is 0.388. The Balaban J connectivity index is 1.87. The topological polar surface area (TPSA) is 3.24 Å². The first-order chi connectivity index (χ1) is 7.78. The molecule has 86 valence electrons. The van der Waals surface area contributed by atoms with Crippen molar-refractivity contribution in [2.24, 2.45) is 5.92 Å². The molecule has 1 saturated heterocycles. The zero-order chi connectivity index (χ0) is 11.4. The van der Waals surface area contributed by atoms with E-state index in [4.69, 9.17) is 0 Å². The SMILES string of the molecule is C=Cc1cccc(CCC2CCN(C)C2)c1. The van der Waals surface area contributed by atoms with E-state index in [1.807, 2.05) is 6.08 Å². The molecule has 0 aromatic heterocycles. The highest BCUT2D eigenvalue weighted by Crippen LogP contribution is 2.20. The molecule has 0 saturated carbocycles. The molecule has 1 fully saturated rings. The van der Waals surface area contributed by atoms with Gasteiger partial charge in [-0.05, 0) is 49.9 Å². The third-order valence-corrected chi connectivity index (χ3v) is 3.52. The van der Waals surface area contributed by atoms with Gasteiger partial charge in [0.15, 0.2) is 0 Å². The van der Waals surface area contributed by atoms with Crippen molar-refractivity contribution < 1.29 is 0 Å². The van der Waals surface area contributed by atoms with Crippen LogP contribution in [-0.2, 0) is 6.42 Å². The van der Waals surface area contributed by atoms with Crippen LogP contribution in [0.5, 0.6) is 0 Å². The molecule has 1 aromatic rings. The fourth-order valence-corrected chi connectivity index (χ4v) is 2.51. The summed E-state index contributed by atoms with van der Waals surface area (Å²) in [5, 5.41) is 0. The first-order valence-electron chi connectivity index (χ1n) is 6.18. The molecule has 0 radical (unpaired) electrons. The molecule has 2 rings (SSSR count). The third-order valence-electron chi connectivity index (χ3n) is 3.52. The van der Waals surface area contributed by atoms with Crippen LogP contribution in [-0.4, -0.2) is 25.0 Å². The van der Waals surface area contributed by atoms with Gasteiger partial charge in [-0.25, -0.2) is 0 Å². The van der Waals surface area contributed by atoms with Crippen molar-refractivity contribution in [3.05, 3.63) is 42.0 Å². The Morgan fingerprint density at radius 1 is 1.50 bits per heavy atom. The Morgan fingerprint density at radius 3 is 3.06 bits per heavy atom. The summed E-state index contributed by atoms with van der Waals surface area (Å²) in [7, 11) is 2.22. The lowest BCUT2D eigenvalue weighted by Gasteiger charge is -2.10. The van der Waals surface area contributed by atoms with Gasteiger partial charge in [0.25, 0.3) is 0 Å². The number of hydrogen-bond acceptors (Lipinski definition) is 1. The van der Waals surface area contributed by atoms with E-state index in [2.05, 4.69) is 42.8 Å². The highest BCUT2D eigenvalue weighted by Gasteiger charge is 2.18. The van der Waals surface area contributed by atoms with E-state index in [-0.39, 0.29) is 0 Å². The number of aryl methyl sites for hydroxylation is 1. The van der Waals surface area contributed by atoms with Gasteiger partial charge in [-0.1, -0.05) is 36.9 Å². The Morgan fingerprint density at radius 2 is 2.38 bits per heavy atom. The largest absolute Gasteiger partial charge is 0.306 e. The number of rotatable bonds is 4. The molecule has 0 bridgehead atoms. The second-order valence-corrected chi connectivity index (χ2v) is 4.90. The molecule has 1 unspecified atom stereocenters. The van der Waals surface area contributed by atoms with Crippen LogP contribution >= 0.6 is 0 Å². The summed E-state index contributed by atoms with van der Waals surface area (Å²) in [5.41, 5.74) is 2.69. The minimum absolute atomic E-state index is 0.900. The lowest BCUT2D eigenvalue weighted by Crippen LogP contribution is -2.14. The summed E-state index contributed by atoms with van der Waals surface area (Å²) >= 11 is 0. The van der Waals surface area contributed by atoms with E-state index in [1.165, 1.54) is 43.5 Å². The second-order valence-electron chi connectivity index (χ2n) is 4.90. The normalized spacial score (nSPS) is 21.2. The van der Waals surface area contributed by atoms with Gasteiger partial charge in [0, 0.05) is 6.54 Å². The molecule has 1 atom stereocenters. The van der Waals surface area contributed by atoms with Gasteiger partial charge in [0.2, 0.25) is 0 Å². The number of benzene rings is 1. The maximum Gasteiger partial charge on any atom is 0.000720 e. The summed E-state index contributed by atoms with van der Waals surface area (Å²) in [6.45, 7) is 6.37. The van der Waals surface area contributed by atoms with Crippen LogP contribution in [0, 0.1) is 5.92 Å². The standard InChI is InChI=1S/C15H21N/c1-3-13-5-4-6-14(11-13)7-8-15-9-10-16(2)12-15/h3-6,11,15H,1,7-10,12H2,2H3. The second kappa shape index (κ2) is 5.31. The molecule has 1 aliphatic rings. The number of nitrogens with zero attached hydrogens (tertiary/aromatic N) is 1. The molecule has 16 heavy (non-hydrogen) atoms. The molecule has 0 N–H and O–H groups in total. The van der Waals surface area contributed by atoms with E-state index in [0.29, 0.717) is 0 Å². The maximum atomic E-state index is 3.81. The lowest BCUT2D eigenvalue weighted by atomic mass is 9.98. The third kappa shape index (κ3) is 2.96. The van der Waals surface area contributed by atoms with Crippen LogP contribution in [0.1, 0.15) is 24.0 Å². The van der Waals surface area contributed by atoms with Gasteiger partial charge in [-0.3, -0.25) is 0 Å². The van der Waals surface area contributed by atoms with Crippen LogP contribution < -0.4 is 0 Å².